The number of benzene rings is 4. The summed E-state index contributed by atoms with van der Waals surface area (Å²) in [7, 11) is -20.7. The van der Waals surface area contributed by atoms with Crippen molar-refractivity contribution >= 4 is 108 Å². The highest BCUT2D eigenvalue weighted by atomic mass is 35.5. The van der Waals surface area contributed by atoms with Crippen LogP contribution < -0.4 is 5.32 Å². The largest absolute Gasteiger partial charge is 0.505 e. The van der Waals surface area contributed by atoms with Crippen molar-refractivity contribution < 1.29 is 57.0 Å². The van der Waals surface area contributed by atoms with Gasteiger partial charge in [-0.05, 0) is 47.3 Å². The van der Waals surface area contributed by atoms with Gasteiger partial charge in [-0.25, -0.2) is 4.98 Å². The van der Waals surface area contributed by atoms with E-state index in [1.807, 2.05) is 0 Å². The summed E-state index contributed by atoms with van der Waals surface area (Å²) in [4.78, 5) is 3.43. The molecule has 260 valence electrons. The summed E-state index contributed by atoms with van der Waals surface area (Å²) >= 11 is 11.8. The van der Waals surface area contributed by atoms with Crippen molar-refractivity contribution in [3.8, 4) is 11.8 Å². The maximum atomic E-state index is 12.5. The molecule has 0 aliphatic carbocycles. The number of nitrogens with zero attached hydrogens (tertiary/aromatic N) is 5. The Bertz CT molecular complexity index is 2850. The van der Waals surface area contributed by atoms with Gasteiger partial charge in [0.15, 0.2) is 16.7 Å². The molecule has 50 heavy (non-hydrogen) atoms. The maximum Gasteiger partial charge on any atom is 0.297 e. The molecule has 1 aromatic heterocycles. The topological polar surface area (TPSA) is 324 Å². The number of anilines is 2. The smallest absolute Gasteiger partial charge is 0.297 e. The molecule has 0 spiro atoms. The minimum atomic E-state index is -5.40. The molecule has 0 atom stereocenters. The number of fused-ring (bicyclic) bond motifs is 2. The molecule has 0 amide bonds. The molecule has 6 N–H and O–H groups in total. The standard InChI is InChI=1S/C25H14Cl2N6O13S4/c26-23-14(9-28)24(31-25(27)30-23)29-16-8-11(47(35,36)37)6-10-7-18(49(41,42)43)20(21(34)19(10)16)33-32-15-5-4-12-13(22(15)50(44,45)46)2-1-3-17(12)48(38,39)40/h1-8,34H,(H,29,30,31)(H,35,36,37)(H,38,39,40)(H,41,42,43)(H,44,45,46). The van der Waals surface area contributed by atoms with Crippen LogP contribution in [0.15, 0.2) is 78.3 Å². The van der Waals surface area contributed by atoms with Crippen molar-refractivity contribution in [3.05, 3.63) is 64.5 Å². The quantitative estimate of drug-likeness (QED) is 0.0530. The van der Waals surface area contributed by atoms with Gasteiger partial charge in [-0.15, -0.1) is 10.2 Å². The van der Waals surface area contributed by atoms with Crippen LogP contribution in [-0.4, -0.2) is 67.0 Å². The molecule has 1 heterocycles. The van der Waals surface area contributed by atoms with Gasteiger partial charge in [-0.2, -0.15) is 43.9 Å². The Morgan fingerprint density at radius 1 is 0.760 bits per heavy atom. The average Bonchev–Trinajstić information content (AvgIpc) is 2.97. The molecule has 19 nitrogen and oxygen atoms in total. The summed E-state index contributed by atoms with van der Waals surface area (Å²) in [6, 6.07) is 8.42. The zero-order chi connectivity index (χ0) is 37.1. The highest BCUT2D eigenvalue weighted by molar-refractivity contribution is 7.87. The van der Waals surface area contributed by atoms with Gasteiger partial charge in [-0.1, -0.05) is 29.8 Å². The highest BCUT2D eigenvalue weighted by Gasteiger charge is 2.28. The van der Waals surface area contributed by atoms with Crippen LogP contribution in [0.3, 0.4) is 0 Å². The number of hydrogen-bond donors (Lipinski definition) is 6. The lowest BCUT2D eigenvalue weighted by Gasteiger charge is -2.16. The zero-order valence-corrected chi connectivity index (χ0v) is 28.5. The molecule has 4 aromatic carbocycles. The predicted molar refractivity (Wildman–Crippen MR) is 173 cm³/mol. The van der Waals surface area contributed by atoms with Crippen LogP contribution in [0.4, 0.5) is 22.9 Å². The number of nitriles is 1. The monoisotopic (exact) mass is 804 g/mol. The molecular weight excluding hydrogens is 791 g/mol. The van der Waals surface area contributed by atoms with E-state index in [0.717, 1.165) is 30.3 Å². The van der Waals surface area contributed by atoms with Crippen molar-refractivity contribution in [1.29, 1.82) is 5.26 Å². The normalized spacial score (nSPS) is 12.8. The number of aromatic nitrogens is 2. The molecule has 0 saturated heterocycles. The third kappa shape index (κ3) is 7.02. The van der Waals surface area contributed by atoms with E-state index in [4.69, 9.17) is 23.2 Å². The molecule has 0 unspecified atom stereocenters. The molecular formula is C25H14Cl2N6O13S4. The first-order chi connectivity index (χ1) is 23.0. The van der Waals surface area contributed by atoms with Crippen LogP contribution in [0.25, 0.3) is 21.5 Å². The molecule has 0 aliphatic heterocycles. The van der Waals surface area contributed by atoms with Crippen molar-refractivity contribution in [2.45, 2.75) is 19.6 Å². The first-order valence-corrected chi connectivity index (χ1v) is 19.1. The van der Waals surface area contributed by atoms with Crippen LogP contribution in [-0.2, 0) is 40.5 Å². The fourth-order valence-corrected chi connectivity index (χ4v) is 7.85. The van der Waals surface area contributed by atoms with Gasteiger partial charge in [0.05, 0.1) is 10.6 Å². The summed E-state index contributed by atoms with van der Waals surface area (Å²) < 4.78 is 137. The number of rotatable bonds is 8. The molecule has 0 saturated carbocycles. The van der Waals surface area contributed by atoms with E-state index in [0.29, 0.717) is 18.2 Å². The summed E-state index contributed by atoms with van der Waals surface area (Å²) in [6.07, 6.45) is 0. The third-order valence-corrected chi connectivity index (χ3v) is 10.6. The number of azo groups is 1. The van der Waals surface area contributed by atoms with Crippen LogP contribution in [0.2, 0.25) is 10.4 Å². The highest BCUT2D eigenvalue weighted by Crippen LogP contribution is 2.46. The first-order valence-electron chi connectivity index (χ1n) is 12.6. The summed E-state index contributed by atoms with van der Waals surface area (Å²) in [5.74, 6) is -1.65. The fourth-order valence-electron chi connectivity index (χ4n) is 4.69. The summed E-state index contributed by atoms with van der Waals surface area (Å²) in [6.45, 7) is 0. The fraction of sp³-hybridized carbons (Fsp3) is 0. The second kappa shape index (κ2) is 12.6. The summed E-state index contributed by atoms with van der Waals surface area (Å²) in [5.41, 5.74) is -2.83. The maximum absolute atomic E-state index is 12.5. The van der Waals surface area contributed by atoms with Gasteiger partial charge in [0.1, 0.15) is 37.7 Å². The minimum absolute atomic E-state index is 0.388. The average molecular weight is 806 g/mol. The van der Waals surface area contributed by atoms with E-state index in [-0.39, 0.29) is 5.39 Å². The van der Waals surface area contributed by atoms with Crippen molar-refractivity contribution in [1.82, 2.24) is 9.97 Å². The molecule has 5 aromatic rings. The van der Waals surface area contributed by atoms with E-state index < -0.39 is 121 Å². The lowest BCUT2D eigenvalue weighted by molar-refractivity contribution is 0.472. The van der Waals surface area contributed by atoms with Gasteiger partial charge in [0, 0.05) is 16.2 Å². The van der Waals surface area contributed by atoms with Gasteiger partial charge in [-0.3, -0.25) is 18.2 Å². The lowest BCUT2D eigenvalue weighted by Crippen LogP contribution is -2.05. The van der Waals surface area contributed by atoms with Gasteiger partial charge in [0.2, 0.25) is 5.28 Å². The van der Waals surface area contributed by atoms with E-state index >= 15 is 0 Å². The molecule has 0 aliphatic rings. The molecule has 0 radical (unpaired) electrons. The molecule has 5 rings (SSSR count). The van der Waals surface area contributed by atoms with Gasteiger partial charge < -0.3 is 10.4 Å². The Morgan fingerprint density at radius 2 is 1.42 bits per heavy atom. The van der Waals surface area contributed by atoms with Gasteiger partial charge in [0.25, 0.3) is 40.5 Å². The second-order valence-electron chi connectivity index (χ2n) is 9.75. The third-order valence-electron chi connectivity index (χ3n) is 6.65. The van der Waals surface area contributed by atoms with Crippen molar-refractivity contribution in [3.63, 3.8) is 0 Å². The Balaban J connectivity index is 1.86. The van der Waals surface area contributed by atoms with Crippen LogP contribution in [0.5, 0.6) is 5.75 Å². The summed E-state index contributed by atoms with van der Waals surface area (Å²) in [5, 5.41) is 27.8. The first kappa shape index (κ1) is 36.7. The van der Waals surface area contributed by atoms with Crippen LogP contribution >= 0.6 is 23.2 Å². The predicted octanol–water partition coefficient (Wildman–Crippen LogP) is 4.81. The van der Waals surface area contributed by atoms with Crippen LogP contribution in [0, 0.1) is 11.3 Å². The number of nitrogens with one attached hydrogen (secondary N) is 1. The van der Waals surface area contributed by atoms with E-state index in [1.54, 1.807) is 6.07 Å². The number of hydrogen-bond acceptors (Lipinski definition) is 15. The number of phenolic OH excluding ortho intramolecular Hbond substituents is 1. The van der Waals surface area contributed by atoms with E-state index in [2.05, 4.69) is 25.5 Å². The minimum Gasteiger partial charge on any atom is -0.505 e. The van der Waals surface area contributed by atoms with Gasteiger partial charge >= 0.3 is 0 Å². The van der Waals surface area contributed by atoms with Crippen molar-refractivity contribution in [2.75, 3.05) is 5.32 Å². The zero-order valence-electron chi connectivity index (χ0n) is 23.7. The second-order valence-corrected chi connectivity index (χ2v) is 16.0. The van der Waals surface area contributed by atoms with E-state index in [9.17, 15) is 62.3 Å². The Morgan fingerprint density at radius 3 is 2.00 bits per heavy atom. The van der Waals surface area contributed by atoms with Crippen LogP contribution in [0.1, 0.15) is 5.56 Å². The molecule has 25 heteroatoms. The Hall–Kier alpha value is -4.61. The lowest BCUT2D eigenvalue weighted by atomic mass is 10.1. The number of aromatic hydroxyl groups is 1. The number of halogens is 2. The van der Waals surface area contributed by atoms with E-state index in [1.165, 1.54) is 0 Å². The Kier molecular flexibility index (Phi) is 9.25. The van der Waals surface area contributed by atoms with Crippen molar-refractivity contribution in [2.24, 2.45) is 10.2 Å². The number of phenols is 1. The molecule has 0 fully saturated rings. The molecule has 0 bridgehead atoms. The SMILES string of the molecule is N#Cc1c(Cl)nc(Cl)nc1Nc1cc(S(=O)(=O)O)cc2cc(S(=O)(=O)O)c(N=Nc3ccc4c(S(=O)(=O)O)cccc4c3S(=O)(=O)O)c(O)c12. The Labute approximate surface area is 290 Å².